The molecule has 0 aliphatic rings. The molecular weight excluding hydrogens is 354 g/mol. The van der Waals surface area contributed by atoms with Gasteiger partial charge in [0.05, 0.1) is 4.92 Å². The first-order valence-corrected chi connectivity index (χ1v) is 9.13. The van der Waals surface area contributed by atoms with Crippen LogP contribution in [0.2, 0.25) is 0 Å². The van der Waals surface area contributed by atoms with Crippen molar-refractivity contribution >= 4 is 15.8 Å². The Morgan fingerprint density at radius 3 is 2.23 bits per heavy atom. The normalized spacial score (nSPS) is 11.1. The molecule has 0 amide bonds. The third-order valence-corrected chi connectivity index (χ3v) is 5.06. The molecule has 7 heteroatoms. The Morgan fingerprint density at radius 2 is 1.58 bits per heavy atom. The predicted molar refractivity (Wildman–Crippen MR) is 97.5 cm³/mol. The highest BCUT2D eigenvalue weighted by molar-refractivity contribution is 7.87. The number of benzene rings is 3. The Bertz CT molecular complexity index is 1060. The van der Waals surface area contributed by atoms with Gasteiger partial charge in [-0.2, -0.15) is 8.42 Å². The van der Waals surface area contributed by atoms with Crippen LogP contribution in [-0.4, -0.2) is 13.3 Å². The van der Waals surface area contributed by atoms with Crippen LogP contribution in [0.15, 0.2) is 77.7 Å². The van der Waals surface area contributed by atoms with E-state index in [1.54, 1.807) is 24.3 Å². The van der Waals surface area contributed by atoms with E-state index in [0.717, 1.165) is 11.6 Å². The van der Waals surface area contributed by atoms with Gasteiger partial charge in [-0.05, 0) is 30.7 Å². The number of para-hydroxylation sites is 1. The van der Waals surface area contributed by atoms with Gasteiger partial charge in [0, 0.05) is 17.2 Å². The number of nitro benzene ring substituents is 1. The maximum absolute atomic E-state index is 12.6. The van der Waals surface area contributed by atoms with Crippen LogP contribution >= 0.6 is 0 Å². The Morgan fingerprint density at radius 1 is 0.923 bits per heavy atom. The van der Waals surface area contributed by atoms with Crippen LogP contribution in [0.25, 0.3) is 11.1 Å². The maximum Gasteiger partial charge on any atom is 0.339 e. The highest BCUT2D eigenvalue weighted by Crippen LogP contribution is 2.32. The van der Waals surface area contributed by atoms with Crippen LogP contribution < -0.4 is 4.18 Å². The van der Waals surface area contributed by atoms with Crippen molar-refractivity contribution in [2.45, 2.75) is 11.8 Å². The third-order valence-electron chi connectivity index (χ3n) is 3.82. The summed E-state index contributed by atoms with van der Waals surface area (Å²) in [6.45, 7) is 1.48. The van der Waals surface area contributed by atoms with E-state index >= 15 is 0 Å². The summed E-state index contributed by atoms with van der Waals surface area (Å²) in [6.07, 6.45) is 0. The van der Waals surface area contributed by atoms with Gasteiger partial charge in [-0.15, -0.1) is 0 Å². The van der Waals surface area contributed by atoms with Crippen molar-refractivity contribution in [2.24, 2.45) is 0 Å². The molecule has 0 spiro atoms. The number of hydrogen-bond donors (Lipinski definition) is 0. The summed E-state index contributed by atoms with van der Waals surface area (Å²) >= 11 is 0. The largest absolute Gasteiger partial charge is 0.378 e. The molecule has 0 heterocycles. The summed E-state index contributed by atoms with van der Waals surface area (Å²) < 4.78 is 30.6. The van der Waals surface area contributed by atoms with Gasteiger partial charge in [0.25, 0.3) is 5.69 Å². The van der Waals surface area contributed by atoms with Gasteiger partial charge < -0.3 is 4.18 Å². The SMILES string of the molecule is Cc1cc(S(=O)(=O)Oc2ccccc2-c2ccccc2)ccc1[N+](=O)[O-]. The van der Waals surface area contributed by atoms with Crippen molar-refractivity contribution in [2.75, 3.05) is 0 Å². The van der Waals surface area contributed by atoms with Crippen LogP contribution in [0.3, 0.4) is 0 Å². The van der Waals surface area contributed by atoms with Crippen molar-refractivity contribution in [3.8, 4) is 16.9 Å². The minimum absolute atomic E-state index is 0.136. The molecule has 26 heavy (non-hydrogen) atoms. The number of nitro groups is 1. The molecule has 132 valence electrons. The van der Waals surface area contributed by atoms with E-state index < -0.39 is 15.0 Å². The van der Waals surface area contributed by atoms with Crippen LogP contribution in [0.5, 0.6) is 5.75 Å². The average Bonchev–Trinajstić information content (AvgIpc) is 2.62. The second-order valence-electron chi connectivity index (χ2n) is 5.61. The molecule has 0 unspecified atom stereocenters. The van der Waals surface area contributed by atoms with E-state index in [1.165, 1.54) is 19.1 Å². The van der Waals surface area contributed by atoms with E-state index in [4.69, 9.17) is 4.18 Å². The van der Waals surface area contributed by atoms with Crippen molar-refractivity contribution in [3.05, 3.63) is 88.5 Å². The zero-order valence-electron chi connectivity index (χ0n) is 13.8. The average molecular weight is 369 g/mol. The molecule has 0 aromatic heterocycles. The zero-order valence-corrected chi connectivity index (χ0v) is 14.6. The summed E-state index contributed by atoms with van der Waals surface area (Å²) in [7, 11) is -4.13. The highest BCUT2D eigenvalue weighted by atomic mass is 32.2. The minimum atomic E-state index is -4.13. The molecule has 3 rings (SSSR count). The molecule has 0 bridgehead atoms. The van der Waals surface area contributed by atoms with Gasteiger partial charge in [-0.25, -0.2) is 0 Å². The number of hydrogen-bond acceptors (Lipinski definition) is 5. The maximum atomic E-state index is 12.6. The van der Waals surface area contributed by atoms with Crippen LogP contribution in [0.1, 0.15) is 5.56 Å². The lowest BCUT2D eigenvalue weighted by molar-refractivity contribution is -0.385. The zero-order chi connectivity index (χ0) is 18.7. The fraction of sp³-hybridized carbons (Fsp3) is 0.0526. The standard InChI is InChI=1S/C19H15NO5S/c1-14-13-16(11-12-18(14)20(21)22)26(23,24)25-19-10-6-5-9-17(19)15-7-3-2-4-8-15/h2-13H,1H3. The van der Waals surface area contributed by atoms with Crippen molar-refractivity contribution in [3.63, 3.8) is 0 Å². The molecule has 0 saturated carbocycles. The first-order chi connectivity index (χ1) is 12.4. The fourth-order valence-corrected chi connectivity index (χ4v) is 3.58. The van der Waals surface area contributed by atoms with Gasteiger partial charge in [0.15, 0.2) is 5.75 Å². The predicted octanol–water partition coefficient (Wildman–Crippen LogP) is 4.34. The smallest absolute Gasteiger partial charge is 0.339 e. The molecule has 3 aromatic rings. The van der Waals surface area contributed by atoms with Gasteiger partial charge in [0.2, 0.25) is 0 Å². The monoisotopic (exact) mass is 369 g/mol. The van der Waals surface area contributed by atoms with Gasteiger partial charge >= 0.3 is 10.1 Å². The second kappa shape index (κ2) is 6.97. The Hall–Kier alpha value is -3.19. The summed E-state index contributed by atoms with van der Waals surface area (Å²) in [5, 5.41) is 10.9. The number of rotatable bonds is 5. The highest BCUT2D eigenvalue weighted by Gasteiger charge is 2.22. The summed E-state index contributed by atoms with van der Waals surface area (Å²) in [5.41, 5.74) is 1.55. The summed E-state index contributed by atoms with van der Waals surface area (Å²) in [5.74, 6) is 0.190. The van der Waals surface area contributed by atoms with Gasteiger partial charge in [0.1, 0.15) is 4.90 Å². The number of nitrogens with zero attached hydrogens (tertiary/aromatic N) is 1. The van der Waals surface area contributed by atoms with E-state index in [-0.39, 0.29) is 21.9 Å². The summed E-state index contributed by atoms with van der Waals surface area (Å²) in [6, 6.07) is 19.6. The van der Waals surface area contributed by atoms with Crippen LogP contribution in [0, 0.1) is 17.0 Å². The molecule has 3 aromatic carbocycles. The molecule has 0 saturated heterocycles. The first kappa shape index (κ1) is 17.6. The molecule has 0 aliphatic carbocycles. The van der Waals surface area contributed by atoms with E-state index in [1.807, 2.05) is 30.3 Å². The van der Waals surface area contributed by atoms with Crippen LogP contribution in [0.4, 0.5) is 5.69 Å². The Labute approximate surface area is 151 Å². The lowest BCUT2D eigenvalue weighted by Gasteiger charge is -2.12. The van der Waals surface area contributed by atoms with Crippen molar-refractivity contribution in [1.29, 1.82) is 0 Å². The van der Waals surface area contributed by atoms with Crippen LogP contribution in [-0.2, 0) is 10.1 Å². The Balaban J connectivity index is 1.99. The summed E-state index contributed by atoms with van der Waals surface area (Å²) in [4.78, 5) is 10.2. The van der Waals surface area contributed by atoms with Crippen molar-refractivity contribution in [1.82, 2.24) is 0 Å². The molecule has 0 fully saturated rings. The second-order valence-corrected chi connectivity index (χ2v) is 7.15. The third kappa shape index (κ3) is 3.57. The first-order valence-electron chi connectivity index (χ1n) is 7.72. The van der Waals surface area contributed by atoms with Gasteiger partial charge in [-0.1, -0.05) is 48.5 Å². The lowest BCUT2D eigenvalue weighted by Crippen LogP contribution is -2.11. The Kier molecular flexibility index (Phi) is 4.73. The van der Waals surface area contributed by atoms with E-state index in [9.17, 15) is 18.5 Å². The molecule has 6 nitrogen and oxygen atoms in total. The molecule has 0 radical (unpaired) electrons. The van der Waals surface area contributed by atoms with E-state index in [2.05, 4.69) is 0 Å². The molecule has 0 N–H and O–H groups in total. The molecular formula is C19H15NO5S. The quantitative estimate of drug-likeness (QED) is 0.379. The fourth-order valence-electron chi connectivity index (χ4n) is 2.55. The number of aryl methyl sites for hydroxylation is 1. The van der Waals surface area contributed by atoms with E-state index in [0.29, 0.717) is 5.56 Å². The van der Waals surface area contributed by atoms with Gasteiger partial charge in [-0.3, -0.25) is 10.1 Å². The molecule has 0 aliphatic heterocycles. The lowest BCUT2D eigenvalue weighted by atomic mass is 10.1. The van der Waals surface area contributed by atoms with Crippen molar-refractivity contribution < 1.29 is 17.5 Å². The topological polar surface area (TPSA) is 86.5 Å². The minimum Gasteiger partial charge on any atom is -0.378 e. The molecule has 0 atom stereocenters.